The standard InChI is InChI=1S/C37H41ClN6O7/c1-36(2,3)51-35(47)43-14-8-12-37(20-43)21-44(19-25-28(49-5)16-23(48-4)17-29(25)50-6)34(46)24-18-27(41-32(24)37)22-11-13-39-31(15-22)42-33(45)26-9-7-10-30(38)40-26/h7,9-11,13,15-18,41H,8,12,14,19-21H2,1-6H3,(H,39,42,45). The minimum atomic E-state index is -0.667. The number of carbonyl (C=O) groups is 3. The summed E-state index contributed by atoms with van der Waals surface area (Å²) in [6.07, 6.45) is 2.59. The zero-order valence-corrected chi connectivity index (χ0v) is 30.2. The molecule has 2 aliphatic heterocycles. The van der Waals surface area contributed by atoms with E-state index < -0.39 is 23.0 Å². The first-order valence-electron chi connectivity index (χ1n) is 16.5. The van der Waals surface area contributed by atoms with Gasteiger partial charge >= 0.3 is 6.09 Å². The first kappa shape index (κ1) is 35.5. The molecule has 6 rings (SSSR count). The molecule has 1 spiro atoms. The lowest BCUT2D eigenvalue weighted by Crippen LogP contribution is -2.58. The Bertz CT molecular complexity index is 1950. The molecule has 1 aromatic carbocycles. The van der Waals surface area contributed by atoms with Crippen LogP contribution in [0.4, 0.5) is 10.6 Å². The molecule has 14 heteroatoms. The third-order valence-corrected chi connectivity index (χ3v) is 9.22. The summed E-state index contributed by atoms with van der Waals surface area (Å²) >= 11 is 5.98. The molecular formula is C37H41ClN6O7. The van der Waals surface area contributed by atoms with E-state index in [0.717, 1.165) is 5.69 Å². The number of hydrogen-bond donors (Lipinski definition) is 2. The Hall–Kier alpha value is -5.30. The number of rotatable bonds is 8. The van der Waals surface area contributed by atoms with E-state index in [2.05, 4.69) is 20.3 Å². The predicted molar refractivity (Wildman–Crippen MR) is 191 cm³/mol. The second-order valence-electron chi connectivity index (χ2n) is 13.7. The summed E-state index contributed by atoms with van der Waals surface area (Å²) in [5, 5.41) is 2.97. The number of anilines is 1. The largest absolute Gasteiger partial charge is 0.496 e. The van der Waals surface area contributed by atoms with Gasteiger partial charge in [0.2, 0.25) is 0 Å². The van der Waals surface area contributed by atoms with Crippen LogP contribution in [0.3, 0.4) is 0 Å². The molecule has 1 fully saturated rings. The van der Waals surface area contributed by atoms with Gasteiger partial charge in [-0.2, -0.15) is 0 Å². The fourth-order valence-corrected chi connectivity index (χ4v) is 6.93. The normalized spacial score (nSPS) is 17.2. The maximum absolute atomic E-state index is 14.4. The van der Waals surface area contributed by atoms with Crippen LogP contribution in [0, 0.1) is 0 Å². The summed E-state index contributed by atoms with van der Waals surface area (Å²) in [7, 11) is 4.68. The summed E-state index contributed by atoms with van der Waals surface area (Å²) in [6.45, 7) is 6.89. The number of aromatic amines is 1. The highest BCUT2D eigenvalue weighted by molar-refractivity contribution is 6.29. The molecule has 1 saturated heterocycles. The smallest absolute Gasteiger partial charge is 0.410 e. The van der Waals surface area contributed by atoms with E-state index in [1.807, 2.05) is 26.8 Å². The molecule has 0 radical (unpaired) electrons. The summed E-state index contributed by atoms with van der Waals surface area (Å²) in [4.78, 5) is 56.2. The average molecular weight is 717 g/mol. The quantitative estimate of drug-likeness (QED) is 0.200. The van der Waals surface area contributed by atoms with E-state index in [1.54, 1.807) is 79.8 Å². The lowest BCUT2D eigenvalue weighted by molar-refractivity contribution is 0.00817. The Morgan fingerprint density at radius 3 is 2.43 bits per heavy atom. The number of aromatic nitrogens is 3. The van der Waals surface area contributed by atoms with Crippen LogP contribution < -0.4 is 19.5 Å². The molecular weight excluding hydrogens is 676 g/mol. The van der Waals surface area contributed by atoms with E-state index in [9.17, 15) is 14.4 Å². The molecule has 2 aliphatic rings. The number of piperidine rings is 1. The van der Waals surface area contributed by atoms with E-state index in [0.29, 0.717) is 77.9 Å². The number of ether oxygens (including phenoxy) is 4. The molecule has 3 amide bonds. The third-order valence-electron chi connectivity index (χ3n) is 9.01. The van der Waals surface area contributed by atoms with E-state index in [-0.39, 0.29) is 23.3 Å². The van der Waals surface area contributed by atoms with Crippen molar-refractivity contribution in [3.05, 3.63) is 82.4 Å². The number of carbonyl (C=O) groups excluding carboxylic acids is 3. The van der Waals surface area contributed by atoms with Crippen LogP contribution >= 0.6 is 11.6 Å². The van der Waals surface area contributed by atoms with Crippen LogP contribution in [-0.2, 0) is 16.7 Å². The SMILES string of the molecule is COc1cc(OC)c(CN2CC3(CCCN(C(=O)OC(C)(C)C)C3)c3[nH]c(-c4ccnc(NC(=O)c5cccc(Cl)n5)c4)cc3C2=O)c(OC)c1. The van der Waals surface area contributed by atoms with Crippen molar-refractivity contribution >= 4 is 35.3 Å². The van der Waals surface area contributed by atoms with Gasteiger partial charge in [-0.3, -0.25) is 9.59 Å². The number of halogens is 1. The first-order valence-corrected chi connectivity index (χ1v) is 16.9. The Labute approximate surface area is 301 Å². The molecule has 0 saturated carbocycles. The number of amides is 3. The summed E-state index contributed by atoms with van der Waals surface area (Å²) in [6, 6.07) is 13.6. The van der Waals surface area contributed by atoms with Crippen LogP contribution in [0.15, 0.2) is 54.7 Å². The number of methoxy groups -OCH3 is 3. The average Bonchev–Trinajstić information content (AvgIpc) is 3.57. The molecule has 2 N–H and O–H groups in total. The molecule has 1 atom stereocenters. The van der Waals surface area contributed by atoms with Crippen LogP contribution in [0.5, 0.6) is 17.2 Å². The lowest BCUT2D eigenvalue weighted by Gasteiger charge is -2.47. The van der Waals surface area contributed by atoms with Gasteiger partial charge in [-0.25, -0.2) is 14.8 Å². The molecule has 5 heterocycles. The van der Waals surface area contributed by atoms with Crippen LogP contribution in [0.25, 0.3) is 11.3 Å². The highest BCUT2D eigenvalue weighted by Crippen LogP contribution is 2.44. The predicted octanol–water partition coefficient (Wildman–Crippen LogP) is 6.33. The van der Waals surface area contributed by atoms with Gasteiger partial charge in [0.1, 0.15) is 39.5 Å². The van der Waals surface area contributed by atoms with Gasteiger partial charge in [0.05, 0.1) is 39.0 Å². The van der Waals surface area contributed by atoms with Crippen molar-refractivity contribution in [2.24, 2.45) is 0 Å². The van der Waals surface area contributed by atoms with Crippen LogP contribution in [0.1, 0.15) is 65.7 Å². The van der Waals surface area contributed by atoms with E-state index in [1.165, 1.54) is 0 Å². The van der Waals surface area contributed by atoms with Crippen molar-refractivity contribution in [2.45, 2.75) is 51.2 Å². The molecule has 4 aromatic rings. The lowest BCUT2D eigenvalue weighted by atomic mass is 9.73. The van der Waals surface area contributed by atoms with E-state index in [4.69, 9.17) is 30.5 Å². The van der Waals surface area contributed by atoms with Crippen molar-refractivity contribution in [3.63, 3.8) is 0 Å². The summed E-state index contributed by atoms with van der Waals surface area (Å²) in [5.74, 6) is 1.23. The number of hydrogen-bond acceptors (Lipinski definition) is 9. The minimum absolute atomic E-state index is 0.148. The van der Waals surface area contributed by atoms with Gasteiger partial charge in [-0.15, -0.1) is 0 Å². The van der Waals surface area contributed by atoms with Gasteiger partial charge in [0, 0.05) is 60.3 Å². The monoisotopic (exact) mass is 716 g/mol. The molecule has 13 nitrogen and oxygen atoms in total. The van der Waals surface area contributed by atoms with Gasteiger partial charge in [0.25, 0.3) is 11.8 Å². The van der Waals surface area contributed by atoms with Gasteiger partial charge in [-0.1, -0.05) is 17.7 Å². The van der Waals surface area contributed by atoms with Crippen molar-refractivity contribution in [2.75, 3.05) is 46.3 Å². The number of nitrogens with zero attached hydrogens (tertiary/aromatic N) is 4. The summed E-state index contributed by atoms with van der Waals surface area (Å²) < 4.78 is 22.7. The van der Waals surface area contributed by atoms with Crippen molar-refractivity contribution in [1.29, 1.82) is 0 Å². The number of nitrogens with one attached hydrogen (secondary N) is 2. The van der Waals surface area contributed by atoms with Crippen molar-refractivity contribution in [1.82, 2.24) is 24.8 Å². The van der Waals surface area contributed by atoms with Crippen LogP contribution in [0.2, 0.25) is 5.15 Å². The zero-order chi connectivity index (χ0) is 36.5. The number of fused-ring (bicyclic) bond motifs is 2. The second-order valence-corrected chi connectivity index (χ2v) is 14.0. The summed E-state index contributed by atoms with van der Waals surface area (Å²) in [5.41, 5.74) is 2.10. The maximum Gasteiger partial charge on any atom is 0.410 e. The zero-order valence-electron chi connectivity index (χ0n) is 29.5. The van der Waals surface area contributed by atoms with Gasteiger partial charge in [-0.05, 0) is 63.9 Å². The van der Waals surface area contributed by atoms with Crippen LogP contribution in [-0.4, -0.2) is 89.2 Å². The topological polar surface area (TPSA) is 148 Å². The highest BCUT2D eigenvalue weighted by atomic mass is 35.5. The molecule has 3 aromatic heterocycles. The number of H-pyrrole nitrogens is 1. The molecule has 51 heavy (non-hydrogen) atoms. The van der Waals surface area contributed by atoms with Crippen molar-refractivity contribution < 1.29 is 33.3 Å². The fraction of sp³-hybridized carbons (Fsp3) is 0.378. The van der Waals surface area contributed by atoms with E-state index >= 15 is 0 Å². The molecule has 0 aliphatic carbocycles. The van der Waals surface area contributed by atoms with Gasteiger partial charge < -0.3 is 39.0 Å². The molecule has 268 valence electrons. The fourth-order valence-electron chi connectivity index (χ4n) is 6.76. The second kappa shape index (κ2) is 14.1. The number of likely N-dealkylation sites (tertiary alicyclic amines) is 1. The maximum atomic E-state index is 14.4. The van der Waals surface area contributed by atoms with Crippen molar-refractivity contribution in [3.8, 4) is 28.5 Å². The highest BCUT2D eigenvalue weighted by Gasteiger charge is 2.48. The Morgan fingerprint density at radius 2 is 1.76 bits per heavy atom. The Balaban J connectivity index is 1.39. The van der Waals surface area contributed by atoms with Gasteiger partial charge in [0.15, 0.2) is 0 Å². The molecule has 1 unspecified atom stereocenters. The number of benzene rings is 1. The third kappa shape index (κ3) is 7.43. The minimum Gasteiger partial charge on any atom is -0.496 e. The Morgan fingerprint density at radius 1 is 1.02 bits per heavy atom. The first-order chi connectivity index (χ1) is 24.3. The molecule has 0 bridgehead atoms. The number of pyridine rings is 2. The Kier molecular flexibility index (Phi) is 9.85.